The third kappa shape index (κ3) is 2.24. The smallest absolute Gasteiger partial charge is 0.323 e. The molecule has 0 radical (unpaired) electrons. The molecular weight excluding hydrogens is 230 g/mol. The Kier molecular flexibility index (Phi) is 3.13. The van der Waals surface area contributed by atoms with Crippen molar-refractivity contribution >= 4 is 16.9 Å². The molecule has 0 amide bonds. The number of likely N-dealkylation sites (N-methyl/N-ethyl adjacent to an activating group) is 1. The number of carbonyl (C=O) groups is 1. The molecule has 4 nitrogen and oxygen atoms in total. The first-order valence-electron chi connectivity index (χ1n) is 5.83. The molecule has 0 saturated carbocycles. The highest BCUT2D eigenvalue weighted by molar-refractivity contribution is 5.78. The van der Waals surface area contributed by atoms with Gasteiger partial charge < -0.3 is 9.52 Å². The molecule has 1 aromatic heterocycles. The van der Waals surface area contributed by atoms with Gasteiger partial charge >= 0.3 is 5.97 Å². The molecule has 0 atom stereocenters. The van der Waals surface area contributed by atoms with Crippen LogP contribution in [0.25, 0.3) is 11.0 Å². The lowest BCUT2D eigenvalue weighted by Crippen LogP contribution is -2.47. The zero-order valence-corrected chi connectivity index (χ0v) is 10.8. The minimum absolute atomic E-state index is 0.466. The van der Waals surface area contributed by atoms with Crippen molar-refractivity contribution in [2.45, 2.75) is 25.9 Å². The number of rotatable bonds is 4. The van der Waals surface area contributed by atoms with E-state index in [4.69, 9.17) is 9.52 Å². The highest BCUT2D eigenvalue weighted by atomic mass is 16.4. The molecule has 1 heterocycles. The summed E-state index contributed by atoms with van der Waals surface area (Å²) in [4.78, 5) is 12.9. The van der Waals surface area contributed by atoms with Crippen LogP contribution in [-0.4, -0.2) is 28.6 Å². The van der Waals surface area contributed by atoms with Crippen LogP contribution in [0.3, 0.4) is 0 Å². The standard InChI is InChI=1S/C14H17NO3/c1-14(2,13(16)17)15(3)9-11-8-10-6-4-5-7-12(10)18-11/h4-8H,9H2,1-3H3,(H,16,17). The topological polar surface area (TPSA) is 53.7 Å². The van der Waals surface area contributed by atoms with E-state index in [0.29, 0.717) is 6.54 Å². The second kappa shape index (κ2) is 4.46. The molecule has 4 heteroatoms. The molecule has 0 spiro atoms. The van der Waals surface area contributed by atoms with Gasteiger partial charge in [-0.25, -0.2) is 0 Å². The number of carboxylic acid groups (broad SMARTS) is 1. The maximum Gasteiger partial charge on any atom is 0.323 e. The average Bonchev–Trinajstić information content (AvgIpc) is 2.70. The molecule has 0 saturated heterocycles. The summed E-state index contributed by atoms with van der Waals surface area (Å²) >= 11 is 0. The highest BCUT2D eigenvalue weighted by Gasteiger charge is 2.32. The summed E-state index contributed by atoms with van der Waals surface area (Å²) in [5, 5.41) is 10.2. The Hall–Kier alpha value is -1.81. The van der Waals surface area contributed by atoms with Gasteiger partial charge in [0, 0.05) is 5.39 Å². The molecule has 0 unspecified atom stereocenters. The maximum absolute atomic E-state index is 11.2. The van der Waals surface area contributed by atoms with Crippen LogP contribution in [-0.2, 0) is 11.3 Å². The van der Waals surface area contributed by atoms with Crippen LogP contribution in [0.5, 0.6) is 0 Å². The Morgan fingerprint density at radius 3 is 2.67 bits per heavy atom. The van der Waals surface area contributed by atoms with Crippen LogP contribution >= 0.6 is 0 Å². The lowest BCUT2D eigenvalue weighted by molar-refractivity contribution is -0.148. The summed E-state index contributed by atoms with van der Waals surface area (Å²) in [6.07, 6.45) is 0. The van der Waals surface area contributed by atoms with Crippen molar-refractivity contribution in [2.24, 2.45) is 0 Å². The predicted molar refractivity (Wildman–Crippen MR) is 69.4 cm³/mol. The molecule has 0 aliphatic rings. The fourth-order valence-electron chi connectivity index (χ4n) is 1.71. The minimum atomic E-state index is -0.918. The number of carboxylic acids is 1. The number of hydrogen-bond acceptors (Lipinski definition) is 3. The normalized spacial score (nSPS) is 12.2. The van der Waals surface area contributed by atoms with Crippen molar-refractivity contribution in [2.75, 3.05) is 7.05 Å². The van der Waals surface area contributed by atoms with Crippen molar-refractivity contribution < 1.29 is 14.3 Å². The van der Waals surface area contributed by atoms with Crippen LogP contribution in [0.4, 0.5) is 0 Å². The second-order valence-electron chi connectivity index (χ2n) is 4.97. The van der Waals surface area contributed by atoms with E-state index >= 15 is 0 Å². The van der Waals surface area contributed by atoms with E-state index in [1.54, 1.807) is 25.8 Å². The number of para-hydroxylation sites is 1. The number of hydrogen-bond donors (Lipinski definition) is 1. The number of fused-ring (bicyclic) bond motifs is 1. The van der Waals surface area contributed by atoms with E-state index in [1.165, 1.54) is 0 Å². The summed E-state index contributed by atoms with van der Waals surface area (Å²) in [7, 11) is 1.78. The predicted octanol–water partition coefficient (Wildman–Crippen LogP) is 2.73. The fraction of sp³-hybridized carbons (Fsp3) is 0.357. The molecule has 96 valence electrons. The van der Waals surface area contributed by atoms with E-state index in [1.807, 2.05) is 30.3 Å². The van der Waals surface area contributed by atoms with Gasteiger partial charge in [-0.15, -0.1) is 0 Å². The molecule has 1 aromatic carbocycles. The Labute approximate surface area is 106 Å². The van der Waals surface area contributed by atoms with Gasteiger partial charge in [0.25, 0.3) is 0 Å². The van der Waals surface area contributed by atoms with Crippen LogP contribution < -0.4 is 0 Å². The van der Waals surface area contributed by atoms with Gasteiger partial charge in [0.1, 0.15) is 16.9 Å². The number of furan rings is 1. The summed E-state index contributed by atoms with van der Waals surface area (Å²) in [5.41, 5.74) is -0.0899. The Bertz CT molecular complexity index is 538. The van der Waals surface area contributed by atoms with Crippen LogP contribution in [0, 0.1) is 0 Å². The van der Waals surface area contributed by atoms with Gasteiger partial charge in [-0.2, -0.15) is 0 Å². The van der Waals surface area contributed by atoms with E-state index in [2.05, 4.69) is 0 Å². The lowest BCUT2D eigenvalue weighted by atomic mass is 10.0. The third-order valence-electron chi connectivity index (χ3n) is 3.35. The van der Waals surface area contributed by atoms with Crippen molar-refractivity contribution in [3.63, 3.8) is 0 Å². The zero-order valence-electron chi connectivity index (χ0n) is 10.8. The number of aliphatic carboxylic acids is 1. The highest BCUT2D eigenvalue weighted by Crippen LogP contribution is 2.22. The molecule has 18 heavy (non-hydrogen) atoms. The third-order valence-corrected chi connectivity index (χ3v) is 3.35. The Morgan fingerprint density at radius 2 is 2.06 bits per heavy atom. The molecule has 0 aliphatic carbocycles. The van der Waals surface area contributed by atoms with E-state index < -0.39 is 11.5 Å². The Morgan fingerprint density at radius 1 is 1.39 bits per heavy atom. The summed E-state index contributed by atoms with van der Waals surface area (Å²) < 4.78 is 5.68. The lowest BCUT2D eigenvalue weighted by Gasteiger charge is -2.30. The first kappa shape index (κ1) is 12.6. The summed E-state index contributed by atoms with van der Waals surface area (Å²) in [5.74, 6) is -0.0749. The fourth-order valence-corrected chi connectivity index (χ4v) is 1.71. The van der Waals surface area contributed by atoms with Crippen molar-refractivity contribution in [1.29, 1.82) is 0 Å². The van der Waals surface area contributed by atoms with Crippen molar-refractivity contribution in [3.05, 3.63) is 36.1 Å². The molecule has 0 aliphatic heterocycles. The van der Waals surface area contributed by atoms with E-state index in [-0.39, 0.29) is 0 Å². The molecule has 1 N–H and O–H groups in total. The first-order valence-corrected chi connectivity index (χ1v) is 5.83. The second-order valence-corrected chi connectivity index (χ2v) is 4.97. The maximum atomic E-state index is 11.2. The molecule has 0 fully saturated rings. The molecular formula is C14H17NO3. The monoisotopic (exact) mass is 247 g/mol. The van der Waals surface area contributed by atoms with Gasteiger partial charge in [-0.05, 0) is 33.0 Å². The molecule has 2 aromatic rings. The summed E-state index contributed by atoms with van der Waals surface area (Å²) in [6.45, 7) is 3.82. The first-order chi connectivity index (χ1) is 8.41. The Balaban J connectivity index is 2.21. The largest absolute Gasteiger partial charge is 0.480 e. The zero-order chi connectivity index (χ0) is 13.3. The number of benzene rings is 1. The van der Waals surface area contributed by atoms with Crippen LogP contribution in [0.1, 0.15) is 19.6 Å². The average molecular weight is 247 g/mol. The van der Waals surface area contributed by atoms with E-state index in [9.17, 15) is 4.79 Å². The molecule has 2 rings (SSSR count). The van der Waals surface area contributed by atoms with Gasteiger partial charge in [0.05, 0.1) is 6.54 Å². The quantitative estimate of drug-likeness (QED) is 0.902. The van der Waals surface area contributed by atoms with Gasteiger partial charge in [-0.3, -0.25) is 9.69 Å². The van der Waals surface area contributed by atoms with Crippen molar-refractivity contribution in [1.82, 2.24) is 4.90 Å². The van der Waals surface area contributed by atoms with Gasteiger partial charge in [0.15, 0.2) is 0 Å². The minimum Gasteiger partial charge on any atom is -0.480 e. The van der Waals surface area contributed by atoms with Gasteiger partial charge in [0.2, 0.25) is 0 Å². The molecule has 0 bridgehead atoms. The van der Waals surface area contributed by atoms with Crippen molar-refractivity contribution in [3.8, 4) is 0 Å². The van der Waals surface area contributed by atoms with Gasteiger partial charge in [-0.1, -0.05) is 18.2 Å². The number of nitrogens with zero attached hydrogens (tertiary/aromatic N) is 1. The van der Waals surface area contributed by atoms with E-state index in [0.717, 1.165) is 16.7 Å². The summed E-state index contributed by atoms with van der Waals surface area (Å²) in [6, 6.07) is 9.70. The van der Waals surface area contributed by atoms with Crippen LogP contribution in [0.2, 0.25) is 0 Å². The van der Waals surface area contributed by atoms with Crippen LogP contribution in [0.15, 0.2) is 34.7 Å². The SMILES string of the molecule is CN(Cc1cc2ccccc2o1)C(C)(C)C(=O)O.